The van der Waals surface area contributed by atoms with Crippen LogP contribution in [-0.2, 0) is 6.42 Å². The summed E-state index contributed by atoms with van der Waals surface area (Å²) in [4.78, 5) is 28.8. The fourth-order valence-electron chi connectivity index (χ4n) is 5.98. The van der Waals surface area contributed by atoms with Gasteiger partial charge in [0, 0.05) is 50.4 Å². The highest BCUT2D eigenvalue weighted by molar-refractivity contribution is 7.75. The van der Waals surface area contributed by atoms with Crippen LogP contribution in [-0.4, -0.2) is 53.2 Å². The molecule has 45 heavy (non-hydrogen) atoms. The van der Waals surface area contributed by atoms with Gasteiger partial charge in [-0.2, -0.15) is 5.26 Å². The zero-order chi connectivity index (χ0) is 31.4. The zero-order valence-electron chi connectivity index (χ0n) is 24.6. The first-order valence-corrected chi connectivity index (χ1v) is 15.0. The lowest BCUT2D eigenvalue weighted by molar-refractivity contribution is -0.0344. The second-order valence-electron chi connectivity index (χ2n) is 11.2. The van der Waals surface area contributed by atoms with Crippen LogP contribution in [0.3, 0.4) is 0 Å². The second kappa shape index (κ2) is 13.0. The number of ether oxygens (including phenoxy) is 2. The van der Waals surface area contributed by atoms with Crippen LogP contribution in [0.1, 0.15) is 41.4 Å². The molecule has 10 nitrogen and oxygen atoms in total. The molecule has 12 heteroatoms. The van der Waals surface area contributed by atoms with Crippen molar-refractivity contribution in [2.24, 2.45) is 5.41 Å². The van der Waals surface area contributed by atoms with Gasteiger partial charge in [0.2, 0.25) is 5.88 Å². The molecule has 1 aliphatic carbocycles. The number of aromatic nitrogens is 3. The Kier molecular flexibility index (Phi) is 8.71. The van der Waals surface area contributed by atoms with Crippen LogP contribution in [0.2, 0.25) is 0 Å². The van der Waals surface area contributed by atoms with Crippen molar-refractivity contribution in [1.82, 2.24) is 20.3 Å². The monoisotopic (exact) mass is 626 g/mol. The molecule has 1 N–H and O–H groups in total. The number of nitrogens with one attached hydrogen (secondary N) is 1. The maximum absolute atomic E-state index is 13.6. The van der Waals surface area contributed by atoms with E-state index in [9.17, 15) is 14.4 Å². The van der Waals surface area contributed by atoms with Crippen molar-refractivity contribution in [2.75, 3.05) is 31.1 Å². The molecule has 0 unspecified atom stereocenters. The molecule has 0 atom stereocenters. The Hall–Kier alpha value is -4.89. The Labute approximate surface area is 265 Å². The summed E-state index contributed by atoms with van der Waals surface area (Å²) >= 11 is 3.82. The first-order chi connectivity index (χ1) is 21.9. The maximum Gasteiger partial charge on any atom is 0.273 e. The van der Waals surface area contributed by atoms with Gasteiger partial charge in [-0.05, 0) is 80.3 Å². The first kappa shape index (κ1) is 30.1. The molecule has 230 valence electrons. The average Bonchev–Trinajstić information content (AvgIpc) is 3.02. The predicted molar refractivity (Wildman–Crippen MR) is 168 cm³/mol. The third kappa shape index (κ3) is 6.49. The largest absolute Gasteiger partial charge is 0.488 e. The lowest BCUT2D eigenvalue weighted by Gasteiger charge is -2.59. The number of halogens is 1. The quantitative estimate of drug-likeness (QED) is 0.171. The summed E-state index contributed by atoms with van der Waals surface area (Å²) in [6.45, 7) is 4.17. The van der Waals surface area contributed by atoms with E-state index >= 15 is 0 Å². The van der Waals surface area contributed by atoms with Gasteiger partial charge in [-0.1, -0.05) is 0 Å². The number of hydrogen-bond acceptors (Lipinski definition) is 10. The fourth-order valence-corrected chi connectivity index (χ4v) is 6.08. The number of nitrogens with zero attached hydrogens (tertiary/aromatic N) is 5. The van der Waals surface area contributed by atoms with Crippen LogP contribution in [0.5, 0.6) is 17.4 Å². The Bertz CT molecular complexity index is 1750. The predicted octanol–water partition coefficient (Wildman–Crippen LogP) is 5.19. The Morgan fingerprint density at radius 2 is 2.04 bits per heavy atom. The van der Waals surface area contributed by atoms with E-state index in [1.165, 1.54) is 12.1 Å². The minimum atomic E-state index is -0.422. The normalized spacial score (nSPS) is 15.0. The van der Waals surface area contributed by atoms with Crippen molar-refractivity contribution in [2.45, 2.75) is 32.3 Å². The van der Waals surface area contributed by atoms with Gasteiger partial charge in [0.25, 0.3) is 5.91 Å². The van der Waals surface area contributed by atoms with Gasteiger partial charge in [-0.15, -0.1) is 0 Å². The Morgan fingerprint density at radius 3 is 2.82 bits per heavy atom. The fraction of sp³-hybridized carbons (Fsp3) is 0.303. The molecule has 1 spiro atoms. The van der Waals surface area contributed by atoms with Crippen LogP contribution in [0.15, 0.2) is 67.1 Å². The van der Waals surface area contributed by atoms with E-state index in [0.29, 0.717) is 53.8 Å². The minimum Gasteiger partial charge on any atom is -0.488 e. The first-order valence-electron chi connectivity index (χ1n) is 14.6. The van der Waals surface area contributed by atoms with Crippen LogP contribution >= 0.6 is 12.9 Å². The standard InChI is InChI=1S/C33H31FN6O4S/c1-2-42-32-26(4-3-10-38-32)27-6-8-29(30(39-27)31(41)37-11-9-21-12-24(44-45)18-36-17-21)43-25-14-33(15-25)19-40(20-33)28-7-5-23(34)13-22(28)16-35/h3-8,10,12-13,17-18,25,45H,2,9,11,14-15,19-20H2,1H3,(H,37,41). The zero-order valence-corrected chi connectivity index (χ0v) is 25.5. The summed E-state index contributed by atoms with van der Waals surface area (Å²) in [6, 6.07) is 15.4. The number of amides is 1. The van der Waals surface area contributed by atoms with E-state index in [0.717, 1.165) is 37.2 Å². The summed E-state index contributed by atoms with van der Waals surface area (Å²) in [5.74, 6) is 0.556. The number of nitriles is 1. The molecule has 2 fully saturated rings. The average molecular weight is 627 g/mol. The number of pyridine rings is 3. The van der Waals surface area contributed by atoms with Gasteiger partial charge in [0.1, 0.15) is 18.0 Å². The molecule has 1 saturated heterocycles. The molecule has 1 saturated carbocycles. The minimum absolute atomic E-state index is 0.0585. The van der Waals surface area contributed by atoms with E-state index in [1.807, 2.05) is 19.1 Å². The molecule has 0 radical (unpaired) electrons. The molecule has 1 aromatic carbocycles. The van der Waals surface area contributed by atoms with Gasteiger partial charge in [0.05, 0.1) is 35.3 Å². The lowest BCUT2D eigenvalue weighted by Crippen LogP contribution is -2.65. The number of hydrogen-bond donors (Lipinski definition) is 2. The SMILES string of the molecule is CCOc1ncccc1-c1ccc(OC2CC3(C2)CN(c2ccc(F)cc2C#N)C3)c(C(=O)NCCc2cncc(OS)c2)n1. The highest BCUT2D eigenvalue weighted by Gasteiger charge is 2.54. The summed E-state index contributed by atoms with van der Waals surface area (Å²) < 4.78 is 30.6. The molecule has 1 aliphatic heterocycles. The van der Waals surface area contributed by atoms with Crippen molar-refractivity contribution >= 4 is 24.5 Å². The van der Waals surface area contributed by atoms with E-state index in [1.54, 1.807) is 42.9 Å². The van der Waals surface area contributed by atoms with E-state index in [-0.39, 0.29) is 23.1 Å². The third-order valence-corrected chi connectivity index (χ3v) is 8.27. The number of thiol groups is 1. The van der Waals surface area contributed by atoms with Crippen molar-refractivity contribution in [3.8, 4) is 34.7 Å². The summed E-state index contributed by atoms with van der Waals surface area (Å²) in [6.07, 6.45) is 6.93. The smallest absolute Gasteiger partial charge is 0.273 e. The van der Waals surface area contributed by atoms with Gasteiger partial charge < -0.3 is 23.9 Å². The third-order valence-electron chi connectivity index (χ3n) is 8.06. The van der Waals surface area contributed by atoms with E-state index in [4.69, 9.17) is 18.6 Å². The highest BCUT2D eigenvalue weighted by Crippen LogP contribution is 2.51. The lowest BCUT2D eigenvalue weighted by atomic mass is 9.61. The number of anilines is 1. The van der Waals surface area contributed by atoms with Crippen molar-refractivity contribution < 1.29 is 22.8 Å². The number of carbonyl (C=O) groups excluding carboxylic acids is 1. The van der Waals surface area contributed by atoms with Crippen LogP contribution in [0.4, 0.5) is 10.1 Å². The summed E-state index contributed by atoms with van der Waals surface area (Å²) in [7, 11) is 0. The molecule has 4 heterocycles. The molecular weight excluding hydrogens is 595 g/mol. The Balaban J connectivity index is 1.16. The van der Waals surface area contributed by atoms with Crippen LogP contribution in [0.25, 0.3) is 11.3 Å². The number of benzene rings is 1. The topological polar surface area (TPSA) is 122 Å². The van der Waals surface area contributed by atoms with E-state index in [2.05, 4.69) is 39.2 Å². The molecule has 6 rings (SSSR count). The van der Waals surface area contributed by atoms with Gasteiger partial charge in [-0.3, -0.25) is 9.78 Å². The Morgan fingerprint density at radius 1 is 1.20 bits per heavy atom. The molecule has 1 amide bonds. The molecule has 4 aromatic rings. The molecular formula is C33H31FN6O4S. The molecule has 2 aliphatic rings. The molecule has 0 bridgehead atoms. The van der Waals surface area contributed by atoms with Gasteiger partial charge in [0.15, 0.2) is 17.2 Å². The molecule has 3 aromatic heterocycles. The van der Waals surface area contributed by atoms with Crippen molar-refractivity contribution in [3.63, 3.8) is 0 Å². The van der Waals surface area contributed by atoms with Crippen LogP contribution < -0.4 is 23.9 Å². The van der Waals surface area contributed by atoms with Crippen molar-refractivity contribution in [1.29, 1.82) is 5.26 Å². The highest BCUT2D eigenvalue weighted by atomic mass is 32.1. The van der Waals surface area contributed by atoms with Crippen LogP contribution in [0, 0.1) is 22.6 Å². The number of carbonyl (C=O) groups is 1. The summed E-state index contributed by atoms with van der Waals surface area (Å²) in [5, 5.41) is 12.4. The second-order valence-corrected chi connectivity index (χ2v) is 11.4. The van der Waals surface area contributed by atoms with E-state index < -0.39 is 5.82 Å². The van der Waals surface area contributed by atoms with Gasteiger partial charge in [-0.25, -0.2) is 14.4 Å². The van der Waals surface area contributed by atoms with Gasteiger partial charge >= 0.3 is 0 Å². The summed E-state index contributed by atoms with van der Waals surface area (Å²) in [5.41, 5.74) is 3.40. The maximum atomic E-state index is 13.6. The van der Waals surface area contributed by atoms with Crippen molar-refractivity contribution in [3.05, 3.63) is 89.8 Å². The number of rotatable bonds is 11.